The fourth-order valence-corrected chi connectivity index (χ4v) is 3.18. The van der Waals surface area contributed by atoms with Crippen molar-refractivity contribution in [1.29, 1.82) is 0 Å². The normalized spacial score (nSPS) is 18.0. The van der Waals surface area contributed by atoms with E-state index in [0.717, 1.165) is 25.7 Å². The number of halogens is 1. The molecule has 0 atom stereocenters. The van der Waals surface area contributed by atoms with Crippen molar-refractivity contribution >= 4 is 21.8 Å². The molecule has 1 fully saturated rings. The minimum Gasteiger partial charge on any atom is -0.396 e. The number of amides is 1. The van der Waals surface area contributed by atoms with Gasteiger partial charge >= 0.3 is 0 Å². The van der Waals surface area contributed by atoms with Crippen LogP contribution in [0.15, 0.2) is 22.9 Å². The highest BCUT2D eigenvalue weighted by molar-refractivity contribution is 9.10. The molecule has 2 N–H and O–H groups in total. The van der Waals surface area contributed by atoms with Crippen LogP contribution in [-0.2, 0) is 0 Å². The van der Waals surface area contributed by atoms with Crippen molar-refractivity contribution < 1.29 is 9.90 Å². The van der Waals surface area contributed by atoms with Crippen LogP contribution in [0.1, 0.15) is 48.9 Å². The molecule has 0 saturated heterocycles. The molecule has 4 nitrogen and oxygen atoms in total. The predicted molar refractivity (Wildman–Crippen MR) is 76.9 cm³/mol. The van der Waals surface area contributed by atoms with Crippen LogP contribution in [-0.4, -0.2) is 28.1 Å². The number of aromatic nitrogens is 1. The molecule has 0 aliphatic heterocycles. The maximum atomic E-state index is 12.4. The van der Waals surface area contributed by atoms with Gasteiger partial charge < -0.3 is 10.4 Å². The van der Waals surface area contributed by atoms with E-state index in [1.54, 1.807) is 18.5 Å². The number of hydrogen-bond acceptors (Lipinski definition) is 3. The van der Waals surface area contributed by atoms with E-state index < -0.39 is 0 Å². The Balaban J connectivity index is 2.13. The van der Waals surface area contributed by atoms with Crippen LogP contribution < -0.4 is 5.32 Å². The Morgan fingerprint density at radius 3 is 2.79 bits per heavy atom. The molecule has 1 heterocycles. The molecule has 19 heavy (non-hydrogen) atoms. The van der Waals surface area contributed by atoms with Crippen LogP contribution in [0.5, 0.6) is 0 Å². The Morgan fingerprint density at radius 1 is 1.42 bits per heavy atom. The molecule has 1 aliphatic carbocycles. The Kier molecular flexibility index (Phi) is 4.93. The van der Waals surface area contributed by atoms with E-state index in [1.165, 1.54) is 6.42 Å². The molecule has 2 rings (SSSR count). The quantitative estimate of drug-likeness (QED) is 0.894. The van der Waals surface area contributed by atoms with Gasteiger partial charge in [-0.3, -0.25) is 9.78 Å². The zero-order valence-electron chi connectivity index (χ0n) is 10.9. The van der Waals surface area contributed by atoms with E-state index in [4.69, 9.17) is 0 Å². The lowest BCUT2D eigenvalue weighted by molar-refractivity contribution is 0.0835. The third-order valence-electron chi connectivity index (χ3n) is 3.80. The van der Waals surface area contributed by atoms with Gasteiger partial charge in [-0.15, -0.1) is 0 Å². The summed E-state index contributed by atoms with van der Waals surface area (Å²) in [5, 5.41) is 12.4. The SMILES string of the molecule is O=C(NC1(CCO)CCCCC1)c1ccncc1Br. The molecule has 104 valence electrons. The minimum atomic E-state index is -0.243. The largest absolute Gasteiger partial charge is 0.396 e. The molecule has 0 bridgehead atoms. The summed E-state index contributed by atoms with van der Waals surface area (Å²) in [6, 6.07) is 1.70. The minimum absolute atomic E-state index is 0.0929. The van der Waals surface area contributed by atoms with Crippen LogP contribution in [0.25, 0.3) is 0 Å². The number of nitrogens with zero attached hydrogens (tertiary/aromatic N) is 1. The van der Waals surface area contributed by atoms with Crippen molar-refractivity contribution in [3.8, 4) is 0 Å². The van der Waals surface area contributed by atoms with E-state index >= 15 is 0 Å². The summed E-state index contributed by atoms with van der Waals surface area (Å²) in [6.45, 7) is 0.109. The van der Waals surface area contributed by atoms with Gasteiger partial charge in [0.05, 0.1) is 5.56 Å². The molecule has 1 saturated carbocycles. The van der Waals surface area contributed by atoms with E-state index in [1.807, 2.05) is 0 Å². The number of carbonyl (C=O) groups excluding carboxylic acids is 1. The number of nitrogens with one attached hydrogen (secondary N) is 1. The van der Waals surface area contributed by atoms with Gasteiger partial charge in [-0.25, -0.2) is 0 Å². The lowest BCUT2D eigenvalue weighted by atomic mass is 9.79. The van der Waals surface area contributed by atoms with Gasteiger partial charge in [0.15, 0.2) is 0 Å². The van der Waals surface area contributed by atoms with Crippen molar-refractivity contribution in [1.82, 2.24) is 10.3 Å². The summed E-state index contributed by atoms with van der Waals surface area (Å²) >= 11 is 3.35. The number of hydrogen-bond donors (Lipinski definition) is 2. The second-order valence-electron chi connectivity index (χ2n) is 5.12. The summed E-state index contributed by atoms with van der Waals surface area (Å²) in [5.74, 6) is -0.0929. The number of pyridine rings is 1. The van der Waals surface area contributed by atoms with Gasteiger partial charge in [0.25, 0.3) is 5.91 Å². The van der Waals surface area contributed by atoms with Gasteiger partial charge in [0, 0.05) is 29.0 Å². The molecular weight excluding hydrogens is 308 g/mol. The number of rotatable bonds is 4. The van der Waals surface area contributed by atoms with Crippen LogP contribution >= 0.6 is 15.9 Å². The van der Waals surface area contributed by atoms with E-state index in [2.05, 4.69) is 26.2 Å². The molecule has 5 heteroatoms. The lowest BCUT2D eigenvalue weighted by Crippen LogP contribution is -2.50. The maximum absolute atomic E-state index is 12.4. The summed E-state index contributed by atoms with van der Waals surface area (Å²) in [7, 11) is 0. The highest BCUT2D eigenvalue weighted by Gasteiger charge is 2.33. The van der Waals surface area contributed by atoms with Crippen LogP contribution in [0, 0.1) is 0 Å². The first-order valence-corrected chi connectivity index (χ1v) is 7.49. The summed E-state index contributed by atoms with van der Waals surface area (Å²) in [4.78, 5) is 16.3. The van der Waals surface area contributed by atoms with Crippen LogP contribution in [0.2, 0.25) is 0 Å². The molecular formula is C14H19BrN2O2. The average Bonchev–Trinajstić information content (AvgIpc) is 2.40. The van der Waals surface area contributed by atoms with Gasteiger partial charge in [0.1, 0.15) is 0 Å². The predicted octanol–water partition coefficient (Wildman–Crippen LogP) is 2.66. The fraction of sp³-hybridized carbons (Fsp3) is 0.571. The molecule has 1 aliphatic rings. The van der Waals surface area contributed by atoms with Crippen molar-refractivity contribution in [2.45, 2.75) is 44.1 Å². The Hall–Kier alpha value is -0.940. The van der Waals surface area contributed by atoms with E-state index in [-0.39, 0.29) is 18.1 Å². The second-order valence-corrected chi connectivity index (χ2v) is 5.98. The van der Waals surface area contributed by atoms with Gasteiger partial charge in [0.2, 0.25) is 0 Å². The third kappa shape index (κ3) is 3.54. The van der Waals surface area contributed by atoms with Crippen molar-refractivity contribution in [3.05, 3.63) is 28.5 Å². The van der Waals surface area contributed by atoms with Crippen molar-refractivity contribution in [3.63, 3.8) is 0 Å². The number of aliphatic hydroxyl groups excluding tert-OH is 1. The highest BCUT2D eigenvalue weighted by Crippen LogP contribution is 2.31. The van der Waals surface area contributed by atoms with E-state index in [0.29, 0.717) is 16.5 Å². The molecule has 1 aromatic rings. The van der Waals surface area contributed by atoms with Crippen LogP contribution in [0.4, 0.5) is 0 Å². The molecule has 0 spiro atoms. The Labute approximate surface area is 121 Å². The molecule has 0 radical (unpaired) electrons. The first-order valence-electron chi connectivity index (χ1n) is 6.70. The zero-order chi connectivity index (χ0) is 13.7. The number of carbonyl (C=O) groups is 1. The summed E-state index contributed by atoms with van der Waals surface area (Å²) in [5.41, 5.74) is 0.352. The molecule has 0 unspecified atom stereocenters. The van der Waals surface area contributed by atoms with Crippen LogP contribution in [0.3, 0.4) is 0 Å². The first-order chi connectivity index (χ1) is 9.17. The molecule has 0 aromatic carbocycles. The van der Waals surface area contributed by atoms with Crippen molar-refractivity contribution in [2.75, 3.05) is 6.61 Å². The van der Waals surface area contributed by atoms with Crippen molar-refractivity contribution in [2.24, 2.45) is 0 Å². The fourth-order valence-electron chi connectivity index (χ4n) is 2.75. The molecule has 1 amide bonds. The monoisotopic (exact) mass is 326 g/mol. The maximum Gasteiger partial charge on any atom is 0.252 e. The summed E-state index contributed by atoms with van der Waals surface area (Å²) < 4.78 is 0.697. The summed E-state index contributed by atoms with van der Waals surface area (Å²) in [6.07, 6.45) is 9.18. The number of aliphatic hydroxyl groups is 1. The van der Waals surface area contributed by atoms with Gasteiger partial charge in [-0.1, -0.05) is 19.3 Å². The third-order valence-corrected chi connectivity index (χ3v) is 4.43. The first kappa shape index (κ1) is 14.5. The Morgan fingerprint density at radius 2 is 2.16 bits per heavy atom. The lowest BCUT2D eigenvalue weighted by Gasteiger charge is -2.38. The smallest absolute Gasteiger partial charge is 0.252 e. The zero-order valence-corrected chi connectivity index (χ0v) is 12.4. The molecule has 1 aromatic heterocycles. The van der Waals surface area contributed by atoms with Gasteiger partial charge in [-0.2, -0.15) is 0 Å². The topological polar surface area (TPSA) is 62.2 Å². The Bertz CT molecular complexity index is 439. The highest BCUT2D eigenvalue weighted by atomic mass is 79.9. The second kappa shape index (κ2) is 6.48. The van der Waals surface area contributed by atoms with Gasteiger partial charge in [-0.05, 0) is 41.3 Å². The van der Waals surface area contributed by atoms with E-state index in [9.17, 15) is 9.90 Å². The average molecular weight is 327 g/mol. The standard InChI is InChI=1S/C14H19BrN2O2/c15-12-10-16-8-4-11(12)13(19)17-14(7-9-18)5-2-1-3-6-14/h4,8,10,18H,1-3,5-7,9H2,(H,17,19).